The Hall–Kier alpha value is -3.91. The first-order valence-corrected chi connectivity index (χ1v) is 10.7. The summed E-state index contributed by atoms with van der Waals surface area (Å²) in [4.78, 5) is 28.4. The predicted octanol–water partition coefficient (Wildman–Crippen LogP) is 5.81. The molecule has 8 heteroatoms. The third-order valence-corrected chi connectivity index (χ3v) is 6.08. The van der Waals surface area contributed by atoms with Crippen LogP contribution in [0.5, 0.6) is 0 Å². The van der Waals surface area contributed by atoms with Gasteiger partial charge in [-0.25, -0.2) is 4.98 Å². The Morgan fingerprint density at radius 1 is 1.03 bits per heavy atom. The van der Waals surface area contributed by atoms with Gasteiger partial charge in [-0.3, -0.25) is 14.9 Å². The molecule has 0 spiro atoms. The van der Waals surface area contributed by atoms with Crippen molar-refractivity contribution in [2.45, 2.75) is 20.8 Å². The van der Waals surface area contributed by atoms with Gasteiger partial charge in [-0.1, -0.05) is 23.5 Å². The lowest BCUT2D eigenvalue weighted by Crippen LogP contribution is -2.25. The minimum Gasteiger partial charge on any atom is -0.267 e. The van der Waals surface area contributed by atoms with Crippen molar-refractivity contribution in [3.05, 3.63) is 98.6 Å². The van der Waals surface area contributed by atoms with Crippen LogP contribution in [0.3, 0.4) is 0 Å². The van der Waals surface area contributed by atoms with E-state index < -0.39 is 4.92 Å². The highest BCUT2D eigenvalue weighted by Gasteiger charge is 2.21. The van der Waals surface area contributed by atoms with Gasteiger partial charge in [0.2, 0.25) is 5.13 Å². The number of hydrazone groups is 1. The minimum absolute atomic E-state index is 0.00763. The summed E-state index contributed by atoms with van der Waals surface area (Å²) in [6.07, 6.45) is 1.50. The van der Waals surface area contributed by atoms with Crippen LogP contribution in [-0.2, 0) is 0 Å². The molecule has 1 aromatic heterocycles. The van der Waals surface area contributed by atoms with E-state index in [2.05, 4.69) is 10.1 Å². The molecule has 3 aromatic carbocycles. The van der Waals surface area contributed by atoms with Crippen LogP contribution in [0.15, 0.2) is 65.8 Å². The maximum absolute atomic E-state index is 13.4. The van der Waals surface area contributed by atoms with Gasteiger partial charge in [-0.2, -0.15) is 10.1 Å². The molecule has 7 nitrogen and oxygen atoms in total. The van der Waals surface area contributed by atoms with Gasteiger partial charge in [0.05, 0.1) is 21.4 Å². The number of hydrogen-bond acceptors (Lipinski definition) is 6. The number of anilines is 1. The SMILES string of the molecule is Cc1ccc2nc(N(/N=C/c3ccc([N+](=O)[O-])cc3)C(=O)c3ccc(C)c(C)c3)sc2c1. The summed E-state index contributed by atoms with van der Waals surface area (Å²) in [5, 5.41) is 17.0. The number of nitro benzene ring substituents is 1. The standard InChI is InChI=1S/C24H20N4O3S/c1-15-4-11-21-22(12-15)32-24(26-21)27(23(29)19-8-5-16(2)17(3)13-19)25-14-18-6-9-20(10-7-18)28(30)31/h4-14H,1-3H3/b25-14+. The zero-order chi connectivity index (χ0) is 22.8. The van der Waals surface area contributed by atoms with E-state index in [-0.39, 0.29) is 11.6 Å². The van der Waals surface area contributed by atoms with Crippen LogP contribution in [0.2, 0.25) is 0 Å². The summed E-state index contributed by atoms with van der Waals surface area (Å²) in [5.41, 5.74) is 5.13. The van der Waals surface area contributed by atoms with Crippen LogP contribution in [-0.4, -0.2) is 22.0 Å². The van der Waals surface area contributed by atoms with E-state index in [1.807, 2.05) is 51.1 Å². The minimum atomic E-state index is -0.459. The van der Waals surface area contributed by atoms with Crippen molar-refractivity contribution in [1.82, 2.24) is 4.98 Å². The first-order chi connectivity index (χ1) is 15.3. The summed E-state index contributed by atoms with van der Waals surface area (Å²) >= 11 is 1.38. The molecule has 0 N–H and O–H groups in total. The third-order valence-electron chi connectivity index (χ3n) is 5.09. The maximum atomic E-state index is 13.4. The van der Waals surface area contributed by atoms with E-state index in [0.29, 0.717) is 16.3 Å². The smallest absolute Gasteiger partial charge is 0.267 e. The van der Waals surface area contributed by atoms with E-state index >= 15 is 0 Å². The topological polar surface area (TPSA) is 88.7 Å². The number of carbonyl (C=O) groups excluding carboxylic acids is 1. The van der Waals surface area contributed by atoms with Crippen molar-refractivity contribution < 1.29 is 9.72 Å². The van der Waals surface area contributed by atoms with Crippen molar-refractivity contribution in [2.75, 3.05) is 5.01 Å². The van der Waals surface area contributed by atoms with Gasteiger partial charge in [0.25, 0.3) is 11.6 Å². The summed E-state index contributed by atoms with van der Waals surface area (Å²) < 4.78 is 0.962. The highest BCUT2D eigenvalue weighted by atomic mass is 32.1. The molecule has 0 aliphatic rings. The second kappa shape index (κ2) is 8.68. The molecule has 4 aromatic rings. The molecule has 0 aliphatic carbocycles. The third kappa shape index (κ3) is 4.40. The number of hydrogen-bond donors (Lipinski definition) is 0. The average Bonchev–Trinajstić information content (AvgIpc) is 3.18. The fraction of sp³-hybridized carbons (Fsp3) is 0.125. The monoisotopic (exact) mass is 444 g/mol. The van der Waals surface area contributed by atoms with E-state index in [9.17, 15) is 14.9 Å². The Labute approximate surface area is 188 Å². The lowest BCUT2D eigenvalue weighted by Gasteiger charge is -2.14. The Bertz CT molecular complexity index is 1360. The van der Waals surface area contributed by atoms with Gasteiger partial charge >= 0.3 is 0 Å². The number of thiazole rings is 1. The molecular weight excluding hydrogens is 424 g/mol. The molecule has 0 radical (unpaired) electrons. The fourth-order valence-electron chi connectivity index (χ4n) is 3.10. The van der Waals surface area contributed by atoms with Gasteiger partial charge < -0.3 is 0 Å². The van der Waals surface area contributed by atoms with E-state index in [0.717, 1.165) is 26.9 Å². The highest BCUT2D eigenvalue weighted by molar-refractivity contribution is 7.22. The predicted molar refractivity (Wildman–Crippen MR) is 128 cm³/mol. The molecule has 4 rings (SSSR count). The van der Waals surface area contributed by atoms with Gasteiger partial charge in [0.1, 0.15) is 0 Å². The zero-order valence-corrected chi connectivity index (χ0v) is 18.6. The molecule has 32 heavy (non-hydrogen) atoms. The normalized spacial score (nSPS) is 11.2. The Morgan fingerprint density at radius 2 is 1.78 bits per heavy atom. The number of amides is 1. The second-order valence-corrected chi connectivity index (χ2v) is 8.49. The molecule has 0 saturated carbocycles. The highest BCUT2D eigenvalue weighted by Crippen LogP contribution is 2.31. The zero-order valence-electron chi connectivity index (χ0n) is 17.8. The molecular formula is C24H20N4O3S. The maximum Gasteiger partial charge on any atom is 0.280 e. The lowest BCUT2D eigenvalue weighted by atomic mass is 10.1. The summed E-state index contributed by atoms with van der Waals surface area (Å²) in [6.45, 7) is 5.95. The van der Waals surface area contributed by atoms with Crippen molar-refractivity contribution in [3.63, 3.8) is 0 Å². The van der Waals surface area contributed by atoms with Crippen molar-refractivity contribution in [3.8, 4) is 0 Å². The van der Waals surface area contributed by atoms with Gasteiger partial charge in [-0.15, -0.1) is 0 Å². The molecule has 0 aliphatic heterocycles. The summed E-state index contributed by atoms with van der Waals surface area (Å²) in [6, 6.07) is 17.4. The molecule has 1 heterocycles. The largest absolute Gasteiger partial charge is 0.280 e. The number of aromatic nitrogens is 1. The van der Waals surface area contributed by atoms with Crippen LogP contribution in [0.25, 0.3) is 10.2 Å². The Kier molecular flexibility index (Phi) is 5.79. The van der Waals surface area contributed by atoms with Crippen molar-refractivity contribution in [1.29, 1.82) is 0 Å². The van der Waals surface area contributed by atoms with Crippen LogP contribution in [0.1, 0.15) is 32.6 Å². The first-order valence-electron chi connectivity index (χ1n) is 9.89. The second-order valence-electron chi connectivity index (χ2n) is 7.48. The number of fused-ring (bicyclic) bond motifs is 1. The van der Waals surface area contributed by atoms with Crippen LogP contribution >= 0.6 is 11.3 Å². The number of benzene rings is 3. The van der Waals surface area contributed by atoms with Crippen LogP contribution in [0, 0.1) is 30.9 Å². The number of aryl methyl sites for hydroxylation is 3. The van der Waals surface area contributed by atoms with Crippen LogP contribution in [0.4, 0.5) is 10.8 Å². The van der Waals surface area contributed by atoms with E-state index in [4.69, 9.17) is 0 Å². The molecule has 0 atom stereocenters. The summed E-state index contributed by atoms with van der Waals surface area (Å²) in [7, 11) is 0. The number of carbonyl (C=O) groups is 1. The number of nitrogens with zero attached hydrogens (tertiary/aromatic N) is 4. The van der Waals surface area contributed by atoms with Crippen molar-refractivity contribution in [2.24, 2.45) is 5.10 Å². The van der Waals surface area contributed by atoms with Crippen molar-refractivity contribution >= 4 is 44.5 Å². The molecule has 1 amide bonds. The Morgan fingerprint density at radius 3 is 2.47 bits per heavy atom. The molecule has 0 bridgehead atoms. The quantitative estimate of drug-likeness (QED) is 0.221. The number of nitro groups is 1. The van der Waals surface area contributed by atoms with Gasteiger partial charge in [0, 0.05) is 17.7 Å². The fourth-order valence-corrected chi connectivity index (χ4v) is 4.12. The summed E-state index contributed by atoms with van der Waals surface area (Å²) in [5.74, 6) is -0.304. The number of rotatable bonds is 5. The first kappa shape index (κ1) is 21.3. The average molecular weight is 445 g/mol. The lowest BCUT2D eigenvalue weighted by molar-refractivity contribution is -0.384. The molecule has 160 valence electrons. The van der Waals surface area contributed by atoms with E-state index in [1.54, 1.807) is 18.2 Å². The molecule has 0 unspecified atom stereocenters. The van der Waals surface area contributed by atoms with Gasteiger partial charge in [-0.05, 0) is 79.4 Å². The molecule has 0 saturated heterocycles. The van der Waals surface area contributed by atoms with Gasteiger partial charge in [0.15, 0.2) is 0 Å². The Balaban J connectivity index is 1.74. The molecule has 0 fully saturated rings. The van der Waals surface area contributed by atoms with E-state index in [1.165, 1.54) is 34.7 Å². The van der Waals surface area contributed by atoms with Crippen LogP contribution < -0.4 is 5.01 Å². The number of non-ortho nitro benzene ring substituents is 1.